The lowest BCUT2D eigenvalue weighted by Crippen LogP contribution is -2.43. The molecule has 13 heavy (non-hydrogen) atoms. The number of nitrogens with zero attached hydrogens (tertiary/aromatic N) is 1. The summed E-state index contributed by atoms with van der Waals surface area (Å²) < 4.78 is 12.3. The van der Waals surface area contributed by atoms with Gasteiger partial charge in [-0.3, -0.25) is 4.39 Å². The number of hydrogen-bond acceptors (Lipinski definition) is 2. The lowest BCUT2D eigenvalue weighted by atomic mass is 10.1. The van der Waals surface area contributed by atoms with Crippen molar-refractivity contribution in [2.45, 2.75) is 31.4 Å². The van der Waals surface area contributed by atoms with Gasteiger partial charge in [0.25, 0.3) is 0 Å². The van der Waals surface area contributed by atoms with Gasteiger partial charge in [-0.15, -0.1) is 0 Å². The molecule has 0 atom stereocenters. The first-order valence-electron chi connectivity index (χ1n) is 5.06. The number of hydrogen-bond donors (Lipinski definition) is 0. The van der Waals surface area contributed by atoms with Gasteiger partial charge in [0, 0.05) is 23.6 Å². The highest BCUT2D eigenvalue weighted by Crippen LogP contribution is 2.29. The van der Waals surface area contributed by atoms with Crippen LogP contribution in [0, 0.1) is 0 Å². The Morgan fingerprint density at radius 3 is 2.77 bits per heavy atom. The van der Waals surface area contributed by atoms with E-state index in [1.807, 2.05) is 11.8 Å². The lowest BCUT2D eigenvalue weighted by molar-refractivity contribution is 0.252. The van der Waals surface area contributed by atoms with Gasteiger partial charge < -0.3 is 4.90 Å². The molecule has 0 aromatic heterocycles. The first-order valence-corrected chi connectivity index (χ1v) is 6.05. The SMILES string of the molecule is CC1(C)CN(CCCCF)CCS1. The smallest absolute Gasteiger partial charge is 0.0894 e. The van der Waals surface area contributed by atoms with Crippen molar-refractivity contribution in [2.24, 2.45) is 0 Å². The quantitative estimate of drug-likeness (QED) is 0.649. The second-order valence-corrected chi connectivity index (χ2v) is 6.08. The molecule has 0 N–H and O–H groups in total. The molecule has 1 nitrogen and oxygen atoms in total. The first kappa shape index (κ1) is 11.3. The molecular weight excluding hydrogens is 185 g/mol. The molecule has 0 aliphatic carbocycles. The van der Waals surface area contributed by atoms with Gasteiger partial charge in [0.1, 0.15) is 0 Å². The summed E-state index contributed by atoms with van der Waals surface area (Å²) in [6, 6.07) is 0. The van der Waals surface area contributed by atoms with Gasteiger partial charge in [-0.2, -0.15) is 11.8 Å². The third-order valence-corrected chi connectivity index (χ3v) is 3.66. The number of rotatable bonds is 4. The van der Waals surface area contributed by atoms with Crippen LogP contribution in [-0.2, 0) is 0 Å². The molecule has 0 aromatic rings. The summed E-state index contributed by atoms with van der Waals surface area (Å²) in [6.45, 7) is 7.84. The zero-order chi connectivity index (χ0) is 9.73. The molecule has 0 saturated carbocycles. The monoisotopic (exact) mass is 205 g/mol. The Labute approximate surface area is 85.1 Å². The Balaban J connectivity index is 2.19. The molecular formula is C10H20FNS. The highest BCUT2D eigenvalue weighted by Gasteiger charge is 2.26. The maximum absolute atomic E-state index is 11.9. The number of alkyl halides is 1. The van der Waals surface area contributed by atoms with E-state index in [-0.39, 0.29) is 6.67 Å². The van der Waals surface area contributed by atoms with Gasteiger partial charge in [-0.1, -0.05) is 0 Å². The molecule has 1 saturated heterocycles. The molecule has 1 fully saturated rings. The molecule has 1 heterocycles. The van der Waals surface area contributed by atoms with Crippen LogP contribution in [0.1, 0.15) is 26.7 Å². The van der Waals surface area contributed by atoms with E-state index >= 15 is 0 Å². The number of unbranched alkanes of at least 4 members (excludes halogenated alkanes) is 1. The predicted molar refractivity (Wildman–Crippen MR) is 58.2 cm³/mol. The minimum absolute atomic E-state index is 0.161. The maximum Gasteiger partial charge on any atom is 0.0894 e. The average Bonchev–Trinajstić information content (AvgIpc) is 2.03. The fraction of sp³-hybridized carbons (Fsp3) is 1.00. The lowest BCUT2D eigenvalue weighted by Gasteiger charge is -2.37. The largest absolute Gasteiger partial charge is 0.301 e. The predicted octanol–water partition coefficient (Wildman–Crippen LogP) is 2.56. The summed E-state index contributed by atoms with van der Waals surface area (Å²) in [5.74, 6) is 1.22. The molecule has 3 heteroatoms. The minimum atomic E-state index is -0.161. The Morgan fingerprint density at radius 2 is 2.15 bits per heavy atom. The van der Waals surface area contributed by atoms with E-state index in [0.29, 0.717) is 4.75 Å². The van der Waals surface area contributed by atoms with Gasteiger partial charge in [0.05, 0.1) is 6.67 Å². The summed E-state index contributed by atoms with van der Waals surface area (Å²) in [7, 11) is 0. The average molecular weight is 205 g/mol. The van der Waals surface area contributed by atoms with Crippen molar-refractivity contribution >= 4 is 11.8 Å². The third kappa shape index (κ3) is 4.32. The Kier molecular flexibility index (Phi) is 4.53. The van der Waals surface area contributed by atoms with Gasteiger partial charge in [0.15, 0.2) is 0 Å². The summed E-state index contributed by atoms with van der Waals surface area (Å²) >= 11 is 2.05. The highest BCUT2D eigenvalue weighted by molar-refractivity contribution is 8.00. The molecule has 1 aliphatic rings. The van der Waals surface area contributed by atoms with E-state index in [2.05, 4.69) is 18.7 Å². The second-order valence-electron chi connectivity index (χ2n) is 4.28. The van der Waals surface area contributed by atoms with Crippen LogP contribution < -0.4 is 0 Å². The molecule has 0 aromatic carbocycles. The van der Waals surface area contributed by atoms with Crippen LogP contribution in [0.3, 0.4) is 0 Å². The Hall–Kier alpha value is 0.240. The molecule has 0 radical (unpaired) electrons. The second kappa shape index (κ2) is 5.20. The van der Waals surface area contributed by atoms with Crippen LogP contribution in [0.4, 0.5) is 4.39 Å². The van der Waals surface area contributed by atoms with E-state index in [4.69, 9.17) is 0 Å². The molecule has 78 valence electrons. The summed E-state index contributed by atoms with van der Waals surface area (Å²) in [5, 5.41) is 0. The van der Waals surface area contributed by atoms with Crippen molar-refractivity contribution < 1.29 is 4.39 Å². The van der Waals surface area contributed by atoms with Crippen molar-refractivity contribution in [2.75, 3.05) is 32.1 Å². The van der Waals surface area contributed by atoms with Crippen LogP contribution in [-0.4, -0.2) is 41.7 Å². The van der Waals surface area contributed by atoms with E-state index in [1.54, 1.807) is 0 Å². The van der Waals surface area contributed by atoms with Crippen LogP contribution in [0.2, 0.25) is 0 Å². The molecule has 1 rings (SSSR count). The van der Waals surface area contributed by atoms with Gasteiger partial charge >= 0.3 is 0 Å². The van der Waals surface area contributed by atoms with E-state index < -0.39 is 0 Å². The molecule has 0 unspecified atom stereocenters. The maximum atomic E-state index is 11.9. The summed E-state index contributed by atoms with van der Waals surface area (Å²) in [5.41, 5.74) is 0. The van der Waals surface area contributed by atoms with Crippen LogP contribution in [0.5, 0.6) is 0 Å². The zero-order valence-corrected chi connectivity index (χ0v) is 9.50. The summed E-state index contributed by atoms with van der Waals surface area (Å²) in [4.78, 5) is 2.46. The fourth-order valence-corrected chi connectivity index (χ4v) is 2.91. The molecule has 0 bridgehead atoms. The van der Waals surface area contributed by atoms with Crippen molar-refractivity contribution in [1.29, 1.82) is 0 Å². The fourth-order valence-electron chi connectivity index (χ4n) is 1.73. The Morgan fingerprint density at radius 1 is 1.38 bits per heavy atom. The normalized spacial score (nSPS) is 23.3. The van der Waals surface area contributed by atoms with Crippen LogP contribution in [0.15, 0.2) is 0 Å². The molecule has 1 aliphatic heterocycles. The number of thioether (sulfide) groups is 1. The zero-order valence-electron chi connectivity index (χ0n) is 8.68. The third-order valence-electron chi connectivity index (χ3n) is 2.36. The van der Waals surface area contributed by atoms with Crippen LogP contribution >= 0.6 is 11.8 Å². The Bertz CT molecular complexity index is 150. The van der Waals surface area contributed by atoms with Crippen molar-refractivity contribution in [3.05, 3.63) is 0 Å². The van der Waals surface area contributed by atoms with Crippen molar-refractivity contribution in [3.8, 4) is 0 Å². The first-order chi connectivity index (χ1) is 6.14. The molecule has 0 amide bonds. The standard InChI is InChI=1S/C10H20FNS/c1-10(2)9-12(7-8-13-10)6-4-3-5-11/h3-9H2,1-2H3. The number of halogens is 1. The topological polar surface area (TPSA) is 3.24 Å². The van der Waals surface area contributed by atoms with E-state index in [1.165, 1.54) is 12.3 Å². The van der Waals surface area contributed by atoms with Gasteiger partial charge in [0.2, 0.25) is 0 Å². The van der Waals surface area contributed by atoms with Crippen molar-refractivity contribution in [3.63, 3.8) is 0 Å². The van der Waals surface area contributed by atoms with E-state index in [0.717, 1.165) is 25.9 Å². The van der Waals surface area contributed by atoms with Gasteiger partial charge in [-0.05, 0) is 33.2 Å². The summed E-state index contributed by atoms with van der Waals surface area (Å²) in [6.07, 6.45) is 1.74. The van der Waals surface area contributed by atoms with E-state index in [9.17, 15) is 4.39 Å². The van der Waals surface area contributed by atoms with Crippen molar-refractivity contribution in [1.82, 2.24) is 4.90 Å². The van der Waals surface area contributed by atoms with Gasteiger partial charge in [-0.25, -0.2) is 0 Å². The minimum Gasteiger partial charge on any atom is -0.301 e. The molecule has 0 spiro atoms. The highest BCUT2D eigenvalue weighted by atomic mass is 32.2. The van der Waals surface area contributed by atoms with Crippen LogP contribution in [0.25, 0.3) is 0 Å².